The number of methoxy groups -OCH3 is 1. The number of esters is 1. The van der Waals surface area contributed by atoms with E-state index < -0.39 is 5.97 Å². The minimum absolute atomic E-state index is 0.212. The first kappa shape index (κ1) is 13.2. The molecule has 0 amide bonds. The topological polar surface area (TPSA) is 39.2 Å². The van der Waals surface area contributed by atoms with Crippen LogP contribution >= 0.6 is 23.2 Å². The zero-order valence-corrected chi connectivity index (χ0v) is 9.69. The Bertz CT molecular complexity index is 316. The molecule has 14 heavy (non-hydrogen) atoms. The Morgan fingerprint density at radius 1 is 1.43 bits per heavy atom. The molecule has 0 bridgehead atoms. The first-order chi connectivity index (χ1) is 6.65. The van der Waals surface area contributed by atoms with Gasteiger partial charge in [0.05, 0.1) is 17.7 Å². The van der Waals surface area contributed by atoms with Crippen molar-refractivity contribution in [3.63, 3.8) is 0 Å². The van der Waals surface area contributed by atoms with Gasteiger partial charge in [-0.1, -0.05) is 37.0 Å². The van der Waals surface area contributed by atoms with Gasteiger partial charge in [0.15, 0.2) is 0 Å². The molecule has 0 unspecified atom stereocenters. The summed E-state index contributed by atoms with van der Waals surface area (Å²) in [5, 5.41) is 0.481. The number of aromatic nitrogens is 1. The normalized spacial score (nSPS) is 8.64. The van der Waals surface area contributed by atoms with Crippen LogP contribution < -0.4 is 0 Å². The third-order valence-corrected chi connectivity index (χ3v) is 1.74. The number of rotatable bonds is 1. The molecule has 1 rings (SSSR count). The standard InChI is InChI=1S/C7H5Cl2NO2.C2H6/c1-12-7(11)4-3-10-6(9)2-5(4)8;1-2/h2-3H,1H3;1-2H3. The fourth-order valence-electron chi connectivity index (χ4n) is 0.668. The maximum absolute atomic E-state index is 11.0. The zero-order valence-electron chi connectivity index (χ0n) is 8.17. The summed E-state index contributed by atoms with van der Waals surface area (Å²) < 4.78 is 4.45. The molecule has 3 nitrogen and oxygen atoms in total. The second-order valence-electron chi connectivity index (χ2n) is 1.98. The molecule has 0 aromatic carbocycles. The molecule has 5 heteroatoms. The van der Waals surface area contributed by atoms with Crippen molar-refractivity contribution in [2.24, 2.45) is 0 Å². The highest BCUT2D eigenvalue weighted by Gasteiger charge is 2.10. The number of halogens is 2. The summed E-state index contributed by atoms with van der Waals surface area (Å²) in [4.78, 5) is 14.6. The maximum Gasteiger partial charge on any atom is 0.340 e. The number of carbonyl (C=O) groups excluding carboxylic acids is 1. The number of carbonyl (C=O) groups is 1. The first-order valence-electron chi connectivity index (χ1n) is 4.04. The highest BCUT2D eigenvalue weighted by Crippen LogP contribution is 2.18. The number of nitrogens with zero attached hydrogens (tertiary/aromatic N) is 1. The van der Waals surface area contributed by atoms with Crippen LogP contribution in [-0.4, -0.2) is 18.1 Å². The average Bonchev–Trinajstić information content (AvgIpc) is 2.20. The molecular formula is C9H11Cl2NO2. The summed E-state index contributed by atoms with van der Waals surface area (Å²) in [6, 6.07) is 1.38. The fourth-order valence-corrected chi connectivity index (χ4v) is 1.11. The Morgan fingerprint density at radius 3 is 2.43 bits per heavy atom. The lowest BCUT2D eigenvalue weighted by Crippen LogP contribution is -2.02. The Balaban J connectivity index is 0.000000791. The average molecular weight is 236 g/mol. The summed E-state index contributed by atoms with van der Waals surface area (Å²) in [5.41, 5.74) is 0.212. The number of ether oxygens (including phenoxy) is 1. The van der Waals surface area contributed by atoms with E-state index in [1.165, 1.54) is 19.4 Å². The van der Waals surface area contributed by atoms with Crippen molar-refractivity contribution in [3.8, 4) is 0 Å². The van der Waals surface area contributed by atoms with Crippen molar-refractivity contribution in [1.29, 1.82) is 0 Å². The molecule has 0 saturated heterocycles. The van der Waals surface area contributed by atoms with Gasteiger partial charge >= 0.3 is 5.97 Å². The van der Waals surface area contributed by atoms with Crippen molar-refractivity contribution in [1.82, 2.24) is 4.98 Å². The van der Waals surface area contributed by atoms with E-state index in [0.29, 0.717) is 0 Å². The quantitative estimate of drug-likeness (QED) is 0.555. The van der Waals surface area contributed by atoms with Crippen molar-refractivity contribution in [2.45, 2.75) is 13.8 Å². The van der Waals surface area contributed by atoms with Crippen LogP contribution in [0.5, 0.6) is 0 Å². The lowest BCUT2D eigenvalue weighted by atomic mass is 10.3. The van der Waals surface area contributed by atoms with Gasteiger partial charge in [0.1, 0.15) is 5.15 Å². The van der Waals surface area contributed by atoms with Crippen molar-refractivity contribution >= 4 is 29.2 Å². The van der Waals surface area contributed by atoms with Gasteiger partial charge in [-0.05, 0) is 6.07 Å². The lowest BCUT2D eigenvalue weighted by molar-refractivity contribution is 0.0600. The fraction of sp³-hybridized carbons (Fsp3) is 0.333. The molecular weight excluding hydrogens is 225 g/mol. The van der Waals surface area contributed by atoms with Gasteiger partial charge in [0.25, 0.3) is 0 Å². The molecule has 0 atom stereocenters. The Labute approximate surface area is 93.0 Å². The van der Waals surface area contributed by atoms with Crippen molar-refractivity contribution in [3.05, 3.63) is 28.0 Å². The summed E-state index contributed by atoms with van der Waals surface area (Å²) >= 11 is 11.2. The lowest BCUT2D eigenvalue weighted by Gasteiger charge is -2.00. The van der Waals surface area contributed by atoms with Crippen LogP contribution in [0.4, 0.5) is 0 Å². The summed E-state index contributed by atoms with van der Waals surface area (Å²) in [7, 11) is 1.27. The summed E-state index contributed by atoms with van der Waals surface area (Å²) in [6.07, 6.45) is 1.27. The summed E-state index contributed by atoms with van der Waals surface area (Å²) in [5.74, 6) is -0.524. The smallest absolute Gasteiger partial charge is 0.340 e. The van der Waals surface area contributed by atoms with E-state index in [0.717, 1.165) is 0 Å². The zero-order chi connectivity index (χ0) is 11.1. The molecule has 0 radical (unpaired) electrons. The van der Waals surface area contributed by atoms with Crippen LogP contribution in [0, 0.1) is 0 Å². The van der Waals surface area contributed by atoms with Gasteiger partial charge in [0, 0.05) is 6.20 Å². The van der Waals surface area contributed by atoms with E-state index in [1.54, 1.807) is 0 Å². The third kappa shape index (κ3) is 3.52. The molecule has 0 aliphatic rings. The first-order valence-corrected chi connectivity index (χ1v) is 4.80. The number of hydrogen-bond acceptors (Lipinski definition) is 3. The van der Waals surface area contributed by atoms with Crippen LogP contribution in [0.1, 0.15) is 24.2 Å². The largest absolute Gasteiger partial charge is 0.465 e. The van der Waals surface area contributed by atoms with E-state index in [9.17, 15) is 4.79 Å². The van der Waals surface area contributed by atoms with Crippen LogP contribution in [0.15, 0.2) is 12.3 Å². The molecule has 0 aliphatic heterocycles. The molecule has 0 spiro atoms. The molecule has 1 heterocycles. The molecule has 1 aromatic heterocycles. The van der Waals surface area contributed by atoms with Gasteiger partial charge in [-0.3, -0.25) is 0 Å². The van der Waals surface area contributed by atoms with Gasteiger partial charge in [-0.2, -0.15) is 0 Å². The molecule has 0 fully saturated rings. The van der Waals surface area contributed by atoms with Gasteiger partial charge in [0.2, 0.25) is 0 Å². The predicted molar refractivity (Wildman–Crippen MR) is 56.9 cm³/mol. The second-order valence-corrected chi connectivity index (χ2v) is 2.77. The Morgan fingerprint density at radius 2 is 2.00 bits per heavy atom. The van der Waals surface area contributed by atoms with Crippen LogP contribution in [-0.2, 0) is 4.74 Å². The predicted octanol–water partition coefficient (Wildman–Crippen LogP) is 3.20. The highest BCUT2D eigenvalue weighted by atomic mass is 35.5. The Kier molecular flexibility index (Phi) is 6.25. The van der Waals surface area contributed by atoms with Crippen LogP contribution in [0.3, 0.4) is 0 Å². The monoisotopic (exact) mass is 235 g/mol. The van der Waals surface area contributed by atoms with E-state index in [2.05, 4.69) is 9.72 Å². The van der Waals surface area contributed by atoms with E-state index >= 15 is 0 Å². The minimum atomic E-state index is -0.524. The molecule has 1 aromatic rings. The molecule has 0 aliphatic carbocycles. The molecule has 0 N–H and O–H groups in total. The van der Waals surface area contributed by atoms with E-state index in [4.69, 9.17) is 23.2 Å². The third-order valence-electron chi connectivity index (χ3n) is 1.23. The maximum atomic E-state index is 11.0. The van der Waals surface area contributed by atoms with Gasteiger partial charge in [-0.15, -0.1) is 0 Å². The highest BCUT2D eigenvalue weighted by molar-refractivity contribution is 6.35. The summed E-state index contributed by atoms with van der Waals surface area (Å²) in [6.45, 7) is 4.00. The van der Waals surface area contributed by atoms with E-state index in [-0.39, 0.29) is 15.7 Å². The minimum Gasteiger partial charge on any atom is -0.465 e. The number of pyridine rings is 1. The molecule has 78 valence electrons. The number of hydrogen-bond donors (Lipinski definition) is 0. The second kappa shape index (κ2) is 6.62. The van der Waals surface area contributed by atoms with E-state index in [1.807, 2.05) is 13.8 Å². The van der Waals surface area contributed by atoms with Crippen molar-refractivity contribution < 1.29 is 9.53 Å². The van der Waals surface area contributed by atoms with Gasteiger partial charge < -0.3 is 4.74 Å². The van der Waals surface area contributed by atoms with Crippen LogP contribution in [0.25, 0.3) is 0 Å². The van der Waals surface area contributed by atoms with Gasteiger partial charge in [-0.25, -0.2) is 9.78 Å². The Hall–Kier alpha value is -0.800. The SMILES string of the molecule is CC.COC(=O)c1cnc(Cl)cc1Cl. The van der Waals surface area contributed by atoms with Crippen molar-refractivity contribution in [2.75, 3.05) is 7.11 Å². The van der Waals surface area contributed by atoms with Crippen LogP contribution in [0.2, 0.25) is 10.2 Å². The molecule has 0 saturated carbocycles.